The third kappa shape index (κ3) is 4.13. The Balaban J connectivity index is 1.41. The van der Waals surface area contributed by atoms with Crippen LogP contribution >= 0.6 is 0 Å². The lowest BCUT2D eigenvalue weighted by molar-refractivity contribution is -0.125. The number of halogens is 1. The van der Waals surface area contributed by atoms with Crippen molar-refractivity contribution in [3.05, 3.63) is 69.3 Å². The summed E-state index contributed by atoms with van der Waals surface area (Å²) in [5, 5.41) is 0.329. The molecule has 6 nitrogen and oxygen atoms in total. The van der Waals surface area contributed by atoms with Gasteiger partial charge in [-0.2, -0.15) is 0 Å². The zero-order valence-corrected chi connectivity index (χ0v) is 18.7. The molecule has 0 radical (unpaired) electrons. The largest absolute Gasteiger partial charge is 0.487 e. The maximum absolute atomic E-state index is 13.6. The van der Waals surface area contributed by atoms with Crippen molar-refractivity contribution in [2.75, 3.05) is 24.7 Å². The van der Waals surface area contributed by atoms with Crippen molar-refractivity contribution in [2.24, 2.45) is 5.92 Å². The highest BCUT2D eigenvalue weighted by Gasteiger charge is 2.31. The maximum Gasteiger partial charge on any atom is 0.230 e. The second kappa shape index (κ2) is 8.98. The number of ether oxygens (including phenoxy) is 2. The molecular weight excluding hydrogens is 423 g/mol. The van der Waals surface area contributed by atoms with E-state index in [9.17, 15) is 14.0 Å². The quantitative estimate of drug-likeness (QED) is 0.645. The summed E-state index contributed by atoms with van der Waals surface area (Å²) in [5.41, 5.74) is 3.47. The predicted octanol–water partition coefficient (Wildman–Crippen LogP) is 4.26. The summed E-state index contributed by atoms with van der Waals surface area (Å²) in [6.45, 7) is 3.88. The Morgan fingerprint density at radius 1 is 1.24 bits per heavy atom. The summed E-state index contributed by atoms with van der Waals surface area (Å²) in [4.78, 5) is 31.0. The van der Waals surface area contributed by atoms with Gasteiger partial charge in [-0.15, -0.1) is 0 Å². The molecule has 33 heavy (non-hydrogen) atoms. The van der Waals surface area contributed by atoms with E-state index in [2.05, 4.69) is 4.98 Å². The standard InChI is InChI=1S/C26H27FN2O4/c1-16-22(28-21-8-7-18(27)14-20(21)25(16)30)15-33-24-6-2-5-23-19(24)4-3-11-29(23)26(31)17-9-12-32-13-10-17/h2,5-8,14,17H,3-4,9-13,15H2,1H3,(H,28,30). The van der Waals surface area contributed by atoms with E-state index in [1.807, 2.05) is 23.1 Å². The predicted molar refractivity (Wildman–Crippen MR) is 124 cm³/mol. The fourth-order valence-corrected chi connectivity index (χ4v) is 4.82. The molecule has 0 atom stereocenters. The van der Waals surface area contributed by atoms with E-state index in [-0.39, 0.29) is 23.9 Å². The second-order valence-corrected chi connectivity index (χ2v) is 8.77. The van der Waals surface area contributed by atoms with Crippen molar-refractivity contribution in [1.82, 2.24) is 4.98 Å². The molecule has 3 aromatic rings. The highest BCUT2D eigenvalue weighted by atomic mass is 19.1. The summed E-state index contributed by atoms with van der Waals surface area (Å²) < 4.78 is 25.2. The summed E-state index contributed by atoms with van der Waals surface area (Å²) in [6, 6.07) is 9.95. The number of aromatic nitrogens is 1. The first-order chi connectivity index (χ1) is 16.0. The van der Waals surface area contributed by atoms with Gasteiger partial charge >= 0.3 is 0 Å². The van der Waals surface area contributed by atoms with E-state index < -0.39 is 5.82 Å². The van der Waals surface area contributed by atoms with Crippen LogP contribution in [0.1, 0.15) is 36.1 Å². The van der Waals surface area contributed by atoms with Gasteiger partial charge in [0.15, 0.2) is 5.43 Å². The zero-order valence-electron chi connectivity index (χ0n) is 18.7. The average Bonchev–Trinajstić information content (AvgIpc) is 2.85. The van der Waals surface area contributed by atoms with Crippen LogP contribution < -0.4 is 15.1 Å². The SMILES string of the molecule is Cc1c(COc2cccc3c2CCCN3C(=O)C2CCOCC2)[nH]c2ccc(F)cc2c1=O. The van der Waals surface area contributed by atoms with Crippen LogP contribution in [0.2, 0.25) is 0 Å². The summed E-state index contributed by atoms with van der Waals surface area (Å²) >= 11 is 0. The smallest absolute Gasteiger partial charge is 0.230 e. The normalized spacial score (nSPS) is 16.6. The molecule has 1 N–H and O–H groups in total. The average molecular weight is 451 g/mol. The lowest BCUT2D eigenvalue weighted by Gasteiger charge is -2.34. The van der Waals surface area contributed by atoms with Crippen LogP contribution in [0.15, 0.2) is 41.2 Å². The van der Waals surface area contributed by atoms with Gasteiger partial charge in [-0.3, -0.25) is 9.59 Å². The van der Waals surface area contributed by atoms with Crippen molar-refractivity contribution in [2.45, 2.75) is 39.2 Å². The van der Waals surface area contributed by atoms with Gasteiger partial charge < -0.3 is 19.4 Å². The minimum atomic E-state index is -0.438. The molecule has 0 spiro atoms. The van der Waals surface area contributed by atoms with Crippen LogP contribution in [0.5, 0.6) is 5.75 Å². The molecule has 172 valence electrons. The molecule has 2 aromatic carbocycles. The number of H-pyrrole nitrogens is 1. The number of carbonyl (C=O) groups excluding carboxylic acids is 1. The Kier molecular flexibility index (Phi) is 5.89. The minimum Gasteiger partial charge on any atom is -0.487 e. The van der Waals surface area contributed by atoms with Crippen LogP contribution in [-0.2, 0) is 22.6 Å². The number of rotatable bonds is 4. The van der Waals surface area contributed by atoms with Gasteiger partial charge in [0.2, 0.25) is 5.91 Å². The summed E-state index contributed by atoms with van der Waals surface area (Å²) in [7, 11) is 0. The minimum absolute atomic E-state index is 0.00411. The molecule has 0 saturated carbocycles. The number of nitrogens with zero attached hydrogens (tertiary/aromatic N) is 1. The lowest BCUT2D eigenvalue weighted by Crippen LogP contribution is -2.41. The molecule has 2 aliphatic rings. The third-order valence-electron chi connectivity index (χ3n) is 6.72. The molecule has 1 saturated heterocycles. The molecule has 1 fully saturated rings. The number of carbonyl (C=O) groups is 1. The Morgan fingerprint density at radius 3 is 2.88 bits per heavy atom. The van der Waals surface area contributed by atoms with E-state index in [1.165, 1.54) is 12.1 Å². The van der Waals surface area contributed by atoms with Crippen molar-refractivity contribution in [3.63, 3.8) is 0 Å². The monoisotopic (exact) mass is 450 g/mol. The molecule has 5 rings (SSSR count). The Morgan fingerprint density at radius 2 is 2.06 bits per heavy atom. The number of fused-ring (bicyclic) bond motifs is 2. The van der Waals surface area contributed by atoms with Gasteiger partial charge in [-0.25, -0.2) is 4.39 Å². The Hall–Kier alpha value is -3.19. The van der Waals surface area contributed by atoms with Gasteiger partial charge in [0, 0.05) is 47.7 Å². The highest BCUT2D eigenvalue weighted by Crippen LogP contribution is 2.36. The van der Waals surface area contributed by atoms with Crippen LogP contribution in [0.4, 0.5) is 10.1 Å². The van der Waals surface area contributed by atoms with E-state index in [4.69, 9.17) is 9.47 Å². The molecule has 7 heteroatoms. The van der Waals surface area contributed by atoms with Gasteiger partial charge in [0.05, 0.1) is 11.4 Å². The van der Waals surface area contributed by atoms with Crippen molar-refractivity contribution in [3.8, 4) is 5.75 Å². The molecular formula is C26H27FN2O4. The first-order valence-corrected chi connectivity index (χ1v) is 11.5. The lowest BCUT2D eigenvalue weighted by atomic mass is 9.95. The molecule has 0 aliphatic carbocycles. The third-order valence-corrected chi connectivity index (χ3v) is 6.72. The summed E-state index contributed by atoms with van der Waals surface area (Å²) in [6.07, 6.45) is 3.23. The van der Waals surface area contributed by atoms with Crippen molar-refractivity contribution >= 4 is 22.5 Å². The Bertz CT molecular complexity index is 1260. The molecule has 1 aromatic heterocycles. The van der Waals surface area contributed by atoms with Crippen molar-refractivity contribution in [1.29, 1.82) is 0 Å². The molecule has 2 aliphatic heterocycles. The zero-order chi connectivity index (χ0) is 22.9. The molecule has 1 amide bonds. The van der Waals surface area contributed by atoms with Gasteiger partial charge in [0.1, 0.15) is 18.2 Å². The molecule has 3 heterocycles. The number of anilines is 1. The number of nitrogens with one attached hydrogen (secondary N) is 1. The van der Waals surface area contributed by atoms with Gasteiger partial charge in [0.25, 0.3) is 0 Å². The fraction of sp³-hybridized carbons (Fsp3) is 0.385. The molecule has 0 unspecified atom stereocenters. The van der Waals surface area contributed by atoms with Gasteiger partial charge in [-0.1, -0.05) is 6.07 Å². The molecule has 0 bridgehead atoms. The number of benzene rings is 2. The maximum atomic E-state index is 13.6. The van der Waals surface area contributed by atoms with E-state index >= 15 is 0 Å². The van der Waals surface area contributed by atoms with Crippen LogP contribution in [-0.4, -0.2) is 30.6 Å². The fourth-order valence-electron chi connectivity index (χ4n) is 4.82. The van der Waals surface area contributed by atoms with Gasteiger partial charge in [-0.05, 0) is 62.9 Å². The van der Waals surface area contributed by atoms with Crippen LogP contribution in [0.3, 0.4) is 0 Å². The first-order valence-electron chi connectivity index (χ1n) is 11.5. The summed E-state index contributed by atoms with van der Waals surface area (Å²) in [5.74, 6) is 0.450. The Labute approximate surface area is 191 Å². The van der Waals surface area contributed by atoms with Crippen LogP contribution in [0.25, 0.3) is 10.9 Å². The van der Waals surface area contributed by atoms with E-state index in [0.717, 1.165) is 42.7 Å². The van der Waals surface area contributed by atoms with Crippen LogP contribution in [0, 0.1) is 18.7 Å². The second-order valence-electron chi connectivity index (χ2n) is 8.77. The highest BCUT2D eigenvalue weighted by molar-refractivity contribution is 5.96. The topological polar surface area (TPSA) is 71.6 Å². The number of amides is 1. The van der Waals surface area contributed by atoms with E-state index in [0.29, 0.717) is 41.9 Å². The number of hydrogen-bond donors (Lipinski definition) is 1. The number of aromatic amines is 1. The van der Waals surface area contributed by atoms with E-state index in [1.54, 1.807) is 13.0 Å². The number of pyridine rings is 1. The first kappa shape index (κ1) is 21.6. The van der Waals surface area contributed by atoms with Crippen molar-refractivity contribution < 1.29 is 18.7 Å². The number of hydrogen-bond acceptors (Lipinski definition) is 4.